The number of hydrogen-bond acceptors (Lipinski definition) is 7. The molecule has 0 amide bonds. The lowest BCUT2D eigenvalue weighted by Gasteiger charge is -2.01. The van der Waals surface area contributed by atoms with Gasteiger partial charge in [0.2, 0.25) is 0 Å². The van der Waals surface area contributed by atoms with Gasteiger partial charge < -0.3 is 5.11 Å². The quantitative estimate of drug-likeness (QED) is 0.336. The summed E-state index contributed by atoms with van der Waals surface area (Å²) in [6.45, 7) is 0. The van der Waals surface area contributed by atoms with Crippen LogP contribution in [0, 0.1) is 10.1 Å². The van der Waals surface area contributed by atoms with Crippen LogP contribution >= 0.6 is 43.2 Å². The summed E-state index contributed by atoms with van der Waals surface area (Å²) in [4.78, 5) is 32.2. The van der Waals surface area contributed by atoms with Crippen molar-refractivity contribution in [2.75, 3.05) is 0 Å². The van der Waals surface area contributed by atoms with Crippen molar-refractivity contribution in [2.45, 2.75) is 0 Å². The molecule has 4 aromatic rings. The van der Waals surface area contributed by atoms with Gasteiger partial charge in [-0.3, -0.25) is 14.9 Å². The molecule has 130 valence electrons. The highest BCUT2D eigenvalue weighted by Crippen LogP contribution is 2.33. The molecule has 1 aromatic carbocycles. The predicted molar refractivity (Wildman–Crippen MR) is 104 cm³/mol. The third-order valence-electron chi connectivity index (χ3n) is 3.62. The summed E-state index contributed by atoms with van der Waals surface area (Å²) in [5.41, 5.74) is 0.604. The van der Waals surface area contributed by atoms with Crippen LogP contribution in [0.25, 0.3) is 22.2 Å². The smallest absolute Gasteiger partial charge is 0.276 e. The van der Waals surface area contributed by atoms with Gasteiger partial charge in [0, 0.05) is 28.4 Å². The Morgan fingerprint density at radius 3 is 2.81 bits per heavy atom. The first-order valence-electron chi connectivity index (χ1n) is 7.00. The largest absolute Gasteiger partial charge is 0.506 e. The number of pyridine rings is 1. The van der Waals surface area contributed by atoms with Crippen molar-refractivity contribution in [3.63, 3.8) is 0 Å². The topological polar surface area (TPSA) is 111 Å². The number of phenols is 1. The molecule has 0 aliphatic rings. The minimum Gasteiger partial charge on any atom is -0.506 e. The van der Waals surface area contributed by atoms with Crippen molar-refractivity contribution >= 4 is 71.1 Å². The second-order valence-electron chi connectivity index (χ2n) is 5.26. The highest BCUT2D eigenvalue weighted by Gasteiger charge is 2.16. The van der Waals surface area contributed by atoms with Crippen molar-refractivity contribution in [1.82, 2.24) is 14.4 Å². The highest BCUT2D eigenvalue weighted by atomic mass is 79.9. The SMILES string of the molecule is O=c1/c(=C/c2cc([N+](=O)[O-])cc(Br)c2O)sc2nc3cc(Br)cnc3n12. The number of nitro benzene ring substituents is 1. The number of phenolic OH excluding ortho intramolecular Hbond substituents is 1. The maximum Gasteiger partial charge on any atom is 0.276 e. The molecule has 11 heteroatoms. The van der Waals surface area contributed by atoms with Crippen molar-refractivity contribution in [2.24, 2.45) is 0 Å². The van der Waals surface area contributed by atoms with E-state index >= 15 is 0 Å². The number of aromatic hydroxyl groups is 1. The Morgan fingerprint density at radius 1 is 1.31 bits per heavy atom. The van der Waals surface area contributed by atoms with Gasteiger partial charge in [-0.05, 0) is 44.0 Å². The normalized spacial score (nSPS) is 12.3. The number of benzene rings is 1. The van der Waals surface area contributed by atoms with E-state index in [1.807, 2.05) is 0 Å². The minimum atomic E-state index is -0.573. The average Bonchev–Trinajstić information content (AvgIpc) is 3.07. The molecule has 0 fully saturated rings. The summed E-state index contributed by atoms with van der Waals surface area (Å²) in [7, 11) is 0. The summed E-state index contributed by atoms with van der Waals surface area (Å²) >= 11 is 7.50. The van der Waals surface area contributed by atoms with Gasteiger partial charge in [0.1, 0.15) is 11.3 Å². The number of non-ortho nitro benzene ring substituents is 1. The van der Waals surface area contributed by atoms with Gasteiger partial charge >= 0.3 is 0 Å². The summed E-state index contributed by atoms with van der Waals surface area (Å²) in [5.74, 6) is -0.187. The lowest BCUT2D eigenvalue weighted by atomic mass is 10.1. The second kappa shape index (κ2) is 6.11. The standard InChI is InChI=1S/C15H6Br2N4O4S/c16-7-3-10-13(18-5-7)20-14(23)11(26-15(20)19-10)2-6-1-8(21(24)25)4-9(17)12(6)22/h1-5,22H/b11-2-. The van der Waals surface area contributed by atoms with E-state index in [-0.39, 0.29) is 31.6 Å². The molecule has 1 N–H and O–H groups in total. The van der Waals surface area contributed by atoms with Crippen LogP contribution in [-0.2, 0) is 0 Å². The number of fused-ring (bicyclic) bond motifs is 3. The first-order valence-corrected chi connectivity index (χ1v) is 9.40. The molecule has 4 rings (SSSR count). The van der Waals surface area contributed by atoms with E-state index in [1.165, 1.54) is 22.6 Å². The molecular formula is C15H6Br2N4O4S. The van der Waals surface area contributed by atoms with Gasteiger partial charge in [-0.2, -0.15) is 0 Å². The first-order chi connectivity index (χ1) is 12.3. The molecule has 0 aliphatic carbocycles. The van der Waals surface area contributed by atoms with Crippen molar-refractivity contribution in [1.29, 1.82) is 0 Å². The van der Waals surface area contributed by atoms with Gasteiger partial charge in [0.15, 0.2) is 10.6 Å². The Hall–Kier alpha value is -2.37. The first kappa shape index (κ1) is 17.1. The molecule has 0 saturated carbocycles. The molecule has 0 spiro atoms. The number of imidazole rings is 1. The highest BCUT2D eigenvalue weighted by molar-refractivity contribution is 9.10. The number of hydrogen-bond donors (Lipinski definition) is 1. The molecule has 8 nitrogen and oxygen atoms in total. The van der Waals surface area contributed by atoms with Crippen molar-refractivity contribution in [3.05, 3.63) is 63.9 Å². The number of halogens is 2. The summed E-state index contributed by atoms with van der Waals surface area (Å²) in [6.07, 6.45) is 2.97. The molecular weight excluding hydrogens is 492 g/mol. The molecule has 3 aromatic heterocycles. The van der Waals surface area contributed by atoms with Crippen molar-refractivity contribution < 1.29 is 10.0 Å². The van der Waals surface area contributed by atoms with Crippen LogP contribution in [0.3, 0.4) is 0 Å². The molecule has 26 heavy (non-hydrogen) atoms. The molecule has 0 aliphatic heterocycles. The van der Waals surface area contributed by atoms with Crippen LogP contribution in [0.1, 0.15) is 5.56 Å². The Morgan fingerprint density at radius 2 is 2.08 bits per heavy atom. The van der Waals surface area contributed by atoms with E-state index in [2.05, 4.69) is 41.8 Å². The zero-order chi connectivity index (χ0) is 18.6. The van der Waals surface area contributed by atoms with Gasteiger partial charge in [-0.15, -0.1) is 0 Å². The average molecular weight is 498 g/mol. The van der Waals surface area contributed by atoms with Gasteiger partial charge in [0.05, 0.1) is 13.9 Å². The Bertz CT molecular complexity index is 1330. The summed E-state index contributed by atoms with van der Waals surface area (Å²) in [5, 5.41) is 21.2. The predicted octanol–water partition coefficient (Wildman–Crippen LogP) is 2.99. The van der Waals surface area contributed by atoms with Gasteiger partial charge in [-0.25, -0.2) is 14.4 Å². The van der Waals surface area contributed by atoms with Crippen molar-refractivity contribution in [3.8, 4) is 5.75 Å². The van der Waals surface area contributed by atoms with E-state index in [0.29, 0.717) is 16.1 Å². The minimum absolute atomic E-state index is 0.160. The van der Waals surface area contributed by atoms with Gasteiger partial charge in [-0.1, -0.05) is 11.3 Å². The van der Waals surface area contributed by atoms with E-state index in [1.54, 1.807) is 12.3 Å². The van der Waals surface area contributed by atoms with Crippen LogP contribution < -0.4 is 10.1 Å². The summed E-state index contributed by atoms with van der Waals surface area (Å²) in [6, 6.07) is 4.16. The van der Waals surface area contributed by atoms with Crippen LogP contribution in [0.5, 0.6) is 5.75 Å². The van der Waals surface area contributed by atoms with E-state index in [0.717, 1.165) is 15.8 Å². The fourth-order valence-corrected chi connectivity index (χ4v) is 4.23. The van der Waals surface area contributed by atoms with Gasteiger partial charge in [0.25, 0.3) is 11.2 Å². The monoisotopic (exact) mass is 496 g/mol. The number of aromatic nitrogens is 3. The molecule has 0 bridgehead atoms. The number of nitrogens with zero attached hydrogens (tertiary/aromatic N) is 4. The molecule has 0 radical (unpaired) electrons. The Kier molecular flexibility index (Phi) is 4.01. The molecule has 3 heterocycles. The number of nitro groups is 1. The van der Waals surface area contributed by atoms with Crippen LogP contribution in [0.2, 0.25) is 0 Å². The zero-order valence-electron chi connectivity index (χ0n) is 12.5. The Balaban J connectivity index is 1.99. The fourth-order valence-electron chi connectivity index (χ4n) is 2.48. The second-order valence-corrected chi connectivity index (χ2v) is 8.04. The summed E-state index contributed by atoms with van der Waals surface area (Å²) < 4.78 is 2.58. The number of thiazole rings is 1. The van der Waals surface area contributed by atoms with Crippen LogP contribution in [0.15, 0.2) is 38.1 Å². The molecule has 0 unspecified atom stereocenters. The lowest BCUT2D eigenvalue weighted by Crippen LogP contribution is -2.23. The maximum atomic E-state index is 12.7. The number of rotatable bonds is 2. The Labute approximate surface area is 164 Å². The van der Waals surface area contributed by atoms with E-state index < -0.39 is 4.92 Å². The van der Waals surface area contributed by atoms with Crippen LogP contribution in [-0.4, -0.2) is 24.4 Å². The van der Waals surface area contributed by atoms with E-state index in [9.17, 15) is 20.0 Å². The fraction of sp³-hybridized carbons (Fsp3) is 0. The zero-order valence-corrected chi connectivity index (χ0v) is 16.5. The van der Waals surface area contributed by atoms with Crippen LogP contribution in [0.4, 0.5) is 5.69 Å². The maximum absolute atomic E-state index is 12.7. The van der Waals surface area contributed by atoms with E-state index in [4.69, 9.17) is 0 Å². The molecule has 0 atom stereocenters. The molecule has 0 saturated heterocycles. The third-order valence-corrected chi connectivity index (χ3v) is 5.63. The third kappa shape index (κ3) is 2.68. The lowest BCUT2D eigenvalue weighted by molar-refractivity contribution is -0.385.